The van der Waals surface area contributed by atoms with Crippen LogP contribution in [0.4, 0.5) is 16.2 Å². The smallest absolute Gasteiger partial charge is 0.255 e. The van der Waals surface area contributed by atoms with Gasteiger partial charge in [0.1, 0.15) is 11.6 Å². The number of piperidine rings is 1. The molecule has 2 aliphatic heterocycles. The van der Waals surface area contributed by atoms with Crippen LogP contribution in [0.15, 0.2) is 24.5 Å². The Hall–Kier alpha value is -2.77. The molecule has 8 heteroatoms. The predicted molar refractivity (Wildman–Crippen MR) is 105 cm³/mol. The highest BCUT2D eigenvalue weighted by Gasteiger charge is 2.24. The molecule has 148 valence electrons. The summed E-state index contributed by atoms with van der Waals surface area (Å²) in [6.07, 6.45) is 6.15. The highest BCUT2D eigenvalue weighted by molar-refractivity contribution is 5.94. The molecule has 0 aliphatic carbocycles. The lowest BCUT2D eigenvalue weighted by atomic mass is 10.1. The molecule has 0 N–H and O–H groups in total. The minimum absolute atomic E-state index is 0.181. The molecule has 7 nitrogen and oxygen atoms in total. The van der Waals surface area contributed by atoms with Gasteiger partial charge in [-0.25, -0.2) is 9.37 Å². The monoisotopic (exact) mass is 384 g/mol. The maximum Gasteiger partial charge on any atom is 0.255 e. The number of amides is 1. The molecule has 2 saturated heterocycles. The summed E-state index contributed by atoms with van der Waals surface area (Å²) in [7, 11) is 0. The molecule has 0 spiro atoms. The van der Waals surface area contributed by atoms with E-state index >= 15 is 0 Å². The summed E-state index contributed by atoms with van der Waals surface area (Å²) in [6.45, 7) is 6.51. The van der Waals surface area contributed by atoms with Gasteiger partial charge < -0.3 is 14.7 Å². The molecular weight excluding hydrogens is 359 g/mol. The van der Waals surface area contributed by atoms with Crippen molar-refractivity contribution in [3.05, 3.63) is 41.6 Å². The second-order valence-electron chi connectivity index (χ2n) is 7.39. The molecule has 0 aromatic carbocycles. The number of aromatic nitrogens is 3. The van der Waals surface area contributed by atoms with E-state index in [0.29, 0.717) is 31.7 Å². The standard InChI is InChI=1S/C20H25FN6O/c1-15-11-18(24-20(23-15)27-5-3-2-4-6-27)25-7-9-26(10-8-25)19(28)16-12-17(21)14-22-13-16/h11-14H,2-10H2,1H3. The summed E-state index contributed by atoms with van der Waals surface area (Å²) >= 11 is 0. The van der Waals surface area contributed by atoms with Gasteiger partial charge in [0.05, 0.1) is 11.8 Å². The number of carbonyl (C=O) groups excluding carboxylic acids is 1. The van der Waals surface area contributed by atoms with E-state index in [1.807, 2.05) is 13.0 Å². The Kier molecular flexibility index (Phi) is 5.36. The number of carbonyl (C=O) groups is 1. The normalized spacial score (nSPS) is 17.7. The van der Waals surface area contributed by atoms with Gasteiger partial charge in [0.25, 0.3) is 5.91 Å². The third kappa shape index (κ3) is 4.05. The number of rotatable bonds is 3. The number of hydrogen-bond acceptors (Lipinski definition) is 6. The lowest BCUT2D eigenvalue weighted by Crippen LogP contribution is -2.49. The van der Waals surface area contributed by atoms with Crippen LogP contribution in [0.2, 0.25) is 0 Å². The molecule has 2 aromatic heterocycles. The van der Waals surface area contributed by atoms with Gasteiger partial charge in [-0.15, -0.1) is 0 Å². The summed E-state index contributed by atoms with van der Waals surface area (Å²) in [6, 6.07) is 3.24. The van der Waals surface area contributed by atoms with E-state index in [1.54, 1.807) is 4.90 Å². The Bertz CT molecular complexity index is 846. The van der Waals surface area contributed by atoms with Gasteiger partial charge in [0.15, 0.2) is 0 Å². The van der Waals surface area contributed by atoms with Gasteiger partial charge in [-0.2, -0.15) is 4.98 Å². The summed E-state index contributed by atoms with van der Waals surface area (Å²) in [5.41, 5.74) is 1.24. The second-order valence-corrected chi connectivity index (χ2v) is 7.39. The van der Waals surface area contributed by atoms with Gasteiger partial charge >= 0.3 is 0 Å². The minimum atomic E-state index is -0.494. The molecule has 0 saturated carbocycles. The van der Waals surface area contributed by atoms with E-state index < -0.39 is 5.82 Å². The van der Waals surface area contributed by atoms with Crippen molar-refractivity contribution in [1.29, 1.82) is 0 Å². The molecule has 4 heterocycles. The van der Waals surface area contributed by atoms with Gasteiger partial charge in [-0.3, -0.25) is 9.78 Å². The maximum absolute atomic E-state index is 13.3. The Balaban J connectivity index is 1.43. The molecule has 0 radical (unpaired) electrons. The third-order valence-corrected chi connectivity index (χ3v) is 5.31. The van der Waals surface area contributed by atoms with Crippen LogP contribution in [0.3, 0.4) is 0 Å². The summed E-state index contributed by atoms with van der Waals surface area (Å²) in [4.78, 5) is 32.0. The van der Waals surface area contributed by atoms with Crippen LogP contribution in [0.5, 0.6) is 0 Å². The van der Waals surface area contributed by atoms with Crippen molar-refractivity contribution in [1.82, 2.24) is 19.9 Å². The summed E-state index contributed by atoms with van der Waals surface area (Å²) in [5, 5.41) is 0. The van der Waals surface area contributed by atoms with Crippen molar-refractivity contribution in [3.8, 4) is 0 Å². The Morgan fingerprint density at radius 2 is 1.68 bits per heavy atom. The summed E-state index contributed by atoms with van der Waals surface area (Å²) in [5.74, 6) is 1.04. The average Bonchev–Trinajstić information content (AvgIpc) is 2.73. The van der Waals surface area contributed by atoms with Crippen LogP contribution < -0.4 is 9.80 Å². The number of nitrogens with zero attached hydrogens (tertiary/aromatic N) is 6. The van der Waals surface area contributed by atoms with Gasteiger partial charge in [0, 0.05) is 57.2 Å². The maximum atomic E-state index is 13.3. The fourth-order valence-corrected chi connectivity index (χ4v) is 3.78. The number of pyridine rings is 1. The highest BCUT2D eigenvalue weighted by Crippen LogP contribution is 2.22. The van der Waals surface area contributed by atoms with Crippen LogP contribution in [-0.4, -0.2) is 65.0 Å². The average molecular weight is 384 g/mol. The van der Waals surface area contributed by atoms with E-state index in [0.717, 1.165) is 36.7 Å². The zero-order chi connectivity index (χ0) is 19.5. The van der Waals surface area contributed by atoms with E-state index in [-0.39, 0.29) is 5.91 Å². The number of aryl methyl sites for hydroxylation is 1. The Morgan fingerprint density at radius 1 is 0.929 bits per heavy atom. The van der Waals surface area contributed by atoms with Crippen LogP contribution in [0, 0.1) is 12.7 Å². The molecule has 0 bridgehead atoms. The van der Waals surface area contributed by atoms with Gasteiger partial charge in [-0.1, -0.05) is 0 Å². The van der Waals surface area contributed by atoms with Crippen molar-refractivity contribution in [2.24, 2.45) is 0 Å². The highest BCUT2D eigenvalue weighted by atomic mass is 19.1. The largest absolute Gasteiger partial charge is 0.353 e. The number of anilines is 2. The van der Waals surface area contributed by atoms with E-state index in [4.69, 9.17) is 4.98 Å². The minimum Gasteiger partial charge on any atom is -0.353 e. The molecule has 2 fully saturated rings. The first-order valence-electron chi connectivity index (χ1n) is 9.85. The molecule has 0 unspecified atom stereocenters. The molecule has 2 aliphatic rings. The van der Waals surface area contributed by atoms with Crippen molar-refractivity contribution >= 4 is 17.7 Å². The van der Waals surface area contributed by atoms with Crippen molar-refractivity contribution < 1.29 is 9.18 Å². The first kappa shape index (κ1) is 18.6. The molecular formula is C20H25FN6O. The molecule has 1 amide bonds. The first-order chi connectivity index (χ1) is 13.6. The second kappa shape index (κ2) is 8.08. The summed E-state index contributed by atoms with van der Waals surface area (Å²) < 4.78 is 13.3. The first-order valence-corrected chi connectivity index (χ1v) is 9.85. The number of halogens is 1. The molecule has 28 heavy (non-hydrogen) atoms. The Labute approximate surface area is 164 Å². The lowest BCUT2D eigenvalue weighted by Gasteiger charge is -2.36. The van der Waals surface area contributed by atoms with Gasteiger partial charge in [-0.05, 0) is 32.3 Å². The van der Waals surface area contributed by atoms with Crippen molar-refractivity contribution in [2.75, 3.05) is 49.1 Å². The Morgan fingerprint density at radius 3 is 2.39 bits per heavy atom. The fraction of sp³-hybridized carbons (Fsp3) is 0.500. The topological polar surface area (TPSA) is 65.5 Å². The number of hydrogen-bond donors (Lipinski definition) is 0. The SMILES string of the molecule is Cc1cc(N2CCN(C(=O)c3cncc(F)c3)CC2)nc(N2CCCCC2)n1. The van der Waals surface area contributed by atoms with E-state index in [2.05, 4.69) is 19.8 Å². The van der Waals surface area contributed by atoms with Crippen LogP contribution >= 0.6 is 0 Å². The number of piperazine rings is 1. The fourth-order valence-electron chi connectivity index (χ4n) is 3.78. The predicted octanol–water partition coefficient (Wildman–Crippen LogP) is 2.27. The van der Waals surface area contributed by atoms with E-state index in [1.165, 1.54) is 31.5 Å². The quantitative estimate of drug-likeness (QED) is 0.809. The third-order valence-electron chi connectivity index (χ3n) is 5.31. The molecule has 4 rings (SSSR count). The van der Waals surface area contributed by atoms with Crippen LogP contribution in [-0.2, 0) is 0 Å². The lowest BCUT2D eigenvalue weighted by molar-refractivity contribution is 0.0745. The van der Waals surface area contributed by atoms with Crippen molar-refractivity contribution in [3.63, 3.8) is 0 Å². The van der Waals surface area contributed by atoms with E-state index in [9.17, 15) is 9.18 Å². The zero-order valence-electron chi connectivity index (χ0n) is 16.1. The zero-order valence-corrected chi connectivity index (χ0v) is 16.1. The van der Waals surface area contributed by atoms with Crippen LogP contribution in [0.25, 0.3) is 0 Å². The molecule has 2 aromatic rings. The van der Waals surface area contributed by atoms with Crippen molar-refractivity contribution in [2.45, 2.75) is 26.2 Å². The van der Waals surface area contributed by atoms with Gasteiger partial charge in [0.2, 0.25) is 5.95 Å². The molecule has 0 atom stereocenters. The van der Waals surface area contributed by atoms with Crippen LogP contribution in [0.1, 0.15) is 35.3 Å².